The monoisotopic (exact) mass is 132 g/mol. The van der Waals surface area contributed by atoms with Gasteiger partial charge in [-0.15, -0.1) is 0 Å². The van der Waals surface area contributed by atoms with Crippen molar-refractivity contribution in [2.75, 3.05) is 6.61 Å². The van der Waals surface area contributed by atoms with Gasteiger partial charge in [0.1, 0.15) is 0 Å². The van der Waals surface area contributed by atoms with E-state index in [1.54, 1.807) is 0 Å². The molecule has 0 saturated carbocycles. The van der Waals surface area contributed by atoms with Crippen LogP contribution in [-0.2, 0) is 0 Å². The van der Waals surface area contributed by atoms with Gasteiger partial charge in [0.15, 0.2) is 0 Å². The Morgan fingerprint density at radius 3 is 2.00 bits per heavy atom. The summed E-state index contributed by atoms with van der Waals surface area (Å²) >= 11 is 0. The molecule has 0 aromatic rings. The van der Waals surface area contributed by atoms with Gasteiger partial charge in [-0.05, 0) is 6.42 Å². The highest BCUT2D eigenvalue weighted by Gasteiger charge is 2.24. The standard InChI is InChI=1S/C7H16O2/c1-4-6(9)7(2,3)5-8/h6,8-9H,4-5H2,1-3H3/t6-/m1/s1. The van der Waals surface area contributed by atoms with E-state index >= 15 is 0 Å². The third-order valence-electron chi connectivity index (χ3n) is 1.70. The van der Waals surface area contributed by atoms with Crippen LogP contribution in [0.2, 0.25) is 0 Å². The molecule has 0 aliphatic carbocycles. The van der Waals surface area contributed by atoms with E-state index in [0.717, 1.165) is 0 Å². The van der Waals surface area contributed by atoms with Crippen LogP contribution in [0.15, 0.2) is 0 Å². The fourth-order valence-electron chi connectivity index (χ4n) is 0.658. The molecule has 0 unspecified atom stereocenters. The molecule has 0 aromatic heterocycles. The Kier molecular flexibility index (Phi) is 3.15. The van der Waals surface area contributed by atoms with Gasteiger partial charge in [0.2, 0.25) is 0 Å². The summed E-state index contributed by atoms with van der Waals surface area (Å²) < 4.78 is 0. The minimum absolute atomic E-state index is 0.0437. The Labute approximate surface area is 56.5 Å². The van der Waals surface area contributed by atoms with Crippen LogP contribution in [0.5, 0.6) is 0 Å². The smallest absolute Gasteiger partial charge is 0.0610 e. The van der Waals surface area contributed by atoms with Crippen molar-refractivity contribution < 1.29 is 10.2 Å². The van der Waals surface area contributed by atoms with E-state index in [1.165, 1.54) is 0 Å². The SMILES string of the molecule is CC[C@@H](O)C(C)(C)CO. The summed E-state index contributed by atoms with van der Waals surface area (Å²) in [5.74, 6) is 0. The zero-order chi connectivity index (χ0) is 7.49. The van der Waals surface area contributed by atoms with Crippen molar-refractivity contribution in [1.82, 2.24) is 0 Å². The van der Waals surface area contributed by atoms with Gasteiger partial charge in [-0.25, -0.2) is 0 Å². The quantitative estimate of drug-likeness (QED) is 0.595. The average Bonchev–Trinajstić information content (AvgIpc) is 1.86. The van der Waals surface area contributed by atoms with Crippen LogP contribution in [0.3, 0.4) is 0 Å². The molecule has 0 aliphatic rings. The zero-order valence-corrected chi connectivity index (χ0v) is 6.39. The van der Waals surface area contributed by atoms with Gasteiger partial charge in [0.05, 0.1) is 12.7 Å². The number of hydrogen-bond acceptors (Lipinski definition) is 2. The molecule has 2 N–H and O–H groups in total. The van der Waals surface area contributed by atoms with E-state index in [4.69, 9.17) is 5.11 Å². The molecule has 0 fully saturated rings. The number of aliphatic hydroxyl groups is 2. The van der Waals surface area contributed by atoms with Crippen molar-refractivity contribution in [2.45, 2.75) is 33.3 Å². The first-order valence-corrected chi connectivity index (χ1v) is 3.33. The van der Waals surface area contributed by atoms with Crippen LogP contribution in [-0.4, -0.2) is 22.9 Å². The number of aliphatic hydroxyl groups excluding tert-OH is 2. The van der Waals surface area contributed by atoms with Crippen LogP contribution < -0.4 is 0 Å². The van der Waals surface area contributed by atoms with E-state index in [2.05, 4.69) is 0 Å². The van der Waals surface area contributed by atoms with Gasteiger partial charge in [0, 0.05) is 5.41 Å². The summed E-state index contributed by atoms with van der Waals surface area (Å²) in [6.07, 6.45) is 0.315. The first kappa shape index (κ1) is 8.92. The molecule has 0 heterocycles. The summed E-state index contributed by atoms with van der Waals surface area (Å²) in [6, 6.07) is 0. The molecule has 0 aromatic carbocycles. The topological polar surface area (TPSA) is 40.5 Å². The minimum Gasteiger partial charge on any atom is -0.396 e. The highest BCUT2D eigenvalue weighted by Crippen LogP contribution is 2.21. The molecular weight excluding hydrogens is 116 g/mol. The van der Waals surface area contributed by atoms with Crippen molar-refractivity contribution in [1.29, 1.82) is 0 Å². The van der Waals surface area contributed by atoms with Crippen LogP contribution in [0, 0.1) is 5.41 Å². The van der Waals surface area contributed by atoms with Crippen LogP contribution in [0.1, 0.15) is 27.2 Å². The highest BCUT2D eigenvalue weighted by atomic mass is 16.3. The second-order valence-electron chi connectivity index (χ2n) is 3.07. The molecule has 0 aliphatic heterocycles. The lowest BCUT2D eigenvalue weighted by atomic mass is 9.86. The summed E-state index contributed by atoms with van der Waals surface area (Å²) in [6.45, 7) is 5.65. The summed E-state index contributed by atoms with van der Waals surface area (Å²) in [5.41, 5.74) is -0.339. The lowest BCUT2D eigenvalue weighted by Gasteiger charge is -2.26. The minimum atomic E-state index is -0.387. The fourth-order valence-corrected chi connectivity index (χ4v) is 0.658. The molecule has 0 rings (SSSR count). The Hall–Kier alpha value is -0.0800. The lowest BCUT2D eigenvalue weighted by molar-refractivity contribution is 0.00591. The number of hydrogen-bond donors (Lipinski definition) is 2. The Morgan fingerprint density at radius 2 is 1.89 bits per heavy atom. The van der Waals surface area contributed by atoms with Crippen molar-refractivity contribution in [2.24, 2.45) is 5.41 Å². The summed E-state index contributed by atoms with van der Waals surface area (Å²) in [5, 5.41) is 18.0. The maximum atomic E-state index is 9.23. The van der Waals surface area contributed by atoms with Gasteiger partial charge < -0.3 is 10.2 Å². The third-order valence-corrected chi connectivity index (χ3v) is 1.70. The molecule has 2 heteroatoms. The van der Waals surface area contributed by atoms with Gasteiger partial charge in [0.25, 0.3) is 0 Å². The summed E-state index contributed by atoms with van der Waals surface area (Å²) in [4.78, 5) is 0. The maximum Gasteiger partial charge on any atom is 0.0610 e. The van der Waals surface area contributed by atoms with E-state index in [-0.39, 0.29) is 18.1 Å². The molecule has 0 saturated heterocycles. The van der Waals surface area contributed by atoms with E-state index in [0.29, 0.717) is 6.42 Å². The van der Waals surface area contributed by atoms with Crippen LogP contribution >= 0.6 is 0 Å². The van der Waals surface area contributed by atoms with Crippen LogP contribution in [0.4, 0.5) is 0 Å². The average molecular weight is 132 g/mol. The Bertz CT molecular complexity index is 79.0. The predicted octanol–water partition coefficient (Wildman–Crippen LogP) is 0.776. The van der Waals surface area contributed by atoms with E-state index in [1.807, 2.05) is 20.8 Å². The molecule has 0 amide bonds. The zero-order valence-electron chi connectivity index (χ0n) is 6.39. The van der Waals surface area contributed by atoms with E-state index in [9.17, 15) is 5.11 Å². The molecule has 9 heavy (non-hydrogen) atoms. The van der Waals surface area contributed by atoms with Gasteiger partial charge in [-0.1, -0.05) is 20.8 Å². The normalized spacial score (nSPS) is 15.7. The largest absolute Gasteiger partial charge is 0.396 e. The van der Waals surface area contributed by atoms with E-state index < -0.39 is 0 Å². The highest BCUT2D eigenvalue weighted by molar-refractivity contribution is 4.74. The Balaban J connectivity index is 3.80. The van der Waals surface area contributed by atoms with Crippen molar-refractivity contribution in [3.8, 4) is 0 Å². The van der Waals surface area contributed by atoms with Gasteiger partial charge in [-0.3, -0.25) is 0 Å². The molecular formula is C7H16O2. The molecule has 0 bridgehead atoms. The third kappa shape index (κ3) is 2.33. The maximum absolute atomic E-state index is 9.23. The predicted molar refractivity (Wildman–Crippen MR) is 37.2 cm³/mol. The summed E-state index contributed by atoms with van der Waals surface area (Å²) in [7, 11) is 0. The fraction of sp³-hybridized carbons (Fsp3) is 1.00. The molecule has 0 radical (unpaired) electrons. The molecule has 2 nitrogen and oxygen atoms in total. The molecule has 56 valence electrons. The first-order valence-electron chi connectivity index (χ1n) is 3.33. The van der Waals surface area contributed by atoms with Crippen molar-refractivity contribution in [3.05, 3.63) is 0 Å². The second kappa shape index (κ2) is 3.18. The van der Waals surface area contributed by atoms with Crippen molar-refractivity contribution in [3.63, 3.8) is 0 Å². The van der Waals surface area contributed by atoms with Gasteiger partial charge >= 0.3 is 0 Å². The first-order chi connectivity index (χ1) is 4.04. The Morgan fingerprint density at radius 1 is 1.44 bits per heavy atom. The van der Waals surface area contributed by atoms with Crippen molar-refractivity contribution >= 4 is 0 Å². The number of rotatable bonds is 3. The van der Waals surface area contributed by atoms with Gasteiger partial charge in [-0.2, -0.15) is 0 Å². The second-order valence-corrected chi connectivity index (χ2v) is 3.07. The van der Waals surface area contributed by atoms with Crippen LogP contribution in [0.25, 0.3) is 0 Å². The lowest BCUT2D eigenvalue weighted by Crippen LogP contribution is -2.31. The molecule has 1 atom stereocenters. The molecule has 0 spiro atoms.